The molecular formula is C16H14Cl2N2O3. The van der Waals surface area contributed by atoms with Crippen molar-refractivity contribution in [1.29, 1.82) is 0 Å². The second kappa shape index (κ2) is 7.94. The number of rotatable bonds is 5. The lowest BCUT2D eigenvalue weighted by atomic mass is 10.1. The molecule has 0 saturated heterocycles. The Labute approximate surface area is 143 Å². The summed E-state index contributed by atoms with van der Waals surface area (Å²) in [6.45, 7) is 1.40. The number of nitrogens with zero attached hydrogens (tertiary/aromatic N) is 1. The van der Waals surface area contributed by atoms with E-state index in [0.717, 1.165) is 5.56 Å². The smallest absolute Gasteiger partial charge is 0.340 e. The van der Waals surface area contributed by atoms with Crippen molar-refractivity contribution in [2.75, 3.05) is 6.61 Å². The number of pyridine rings is 1. The third-order valence-electron chi connectivity index (χ3n) is 3.05. The largest absolute Gasteiger partial charge is 0.452 e. The molecule has 1 N–H and O–H groups in total. The molecular weight excluding hydrogens is 339 g/mol. The zero-order valence-corrected chi connectivity index (χ0v) is 13.8. The van der Waals surface area contributed by atoms with Crippen molar-refractivity contribution >= 4 is 35.1 Å². The number of aromatic nitrogens is 1. The van der Waals surface area contributed by atoms with Gasteiger partial charge in [-0.3, -0.25) is 4.79 Å². The molecule has 0 bridgehead atoms. The average molecular weight is 353 g/mol. The van der Waals surface area contributed by atoms with Crippen LogP contribution in [-0.4, -0.2) is 23.5 Å². The summed E-state index contributed by atoms with van der Waals surface area (Å²) in [5.41, 5.74) is 1.01. The average Bonchev–Trinajstić information content (AvgIpc) is 2.53. The predicted molar refractivity (Wildman–Crippen MR) is 87.5 cm³/mol. The first-order chi connectivity index (χ1) is 11.0. The fourth-order valence-electron chi connectivity index (χ4n) is 1.90. The summed E-state index contributed by atoms with van der Waals surface area (Å²) in [6, 6.07) is 9.85. The Kier molecular flexibility index (Phi) is 5.96. The molecule has 7 heteroatoms. The highest BCUT2D eigenvalue weighted by Crippen LogP contribution is 2.21. The molecule has 1 aromatic heterocycles. The number of hydrogen-bond donors (Lipinski definition) is 1. The van der Waals surface area contributed by atoms with E-state index in [1.807, 2.05) is 18.2 Å². The van der Waals surface area contributed by atoms with Gasteiger partial charge in [0.1, 0.15) is 5.15 Å². The fourth-order valence-corrected chi connectivity index (χ4v) is 2.31. The minimum Gasteiger partial charge on any atom is -0.452 e. The third-order valence-corrected chi connectivity index (χ3v) is 3.61. The molecule has 2 rings (SSSR count). The second-order valence-corrected chi connectivity index (χ2v) is 5.55. The van der Waals surface area contributed by atoms with Crippen LogP contribution < -0.4 is 5.32 Å². The summed E-state index contributed by atoms with van der Waals surface area (Å²) in [6.07, 6.45) is 1.29. The van der Waals surface area contributed by atoms with Gasteiger partial charge in [0.15, 0.2) is 6.61 Å². The van der Waals surface area contributed by atoms with Gasteiger partial charge in [-0.05, 0) is 30.7 Å². The maximum Gasteiger partial charge on any atom is 0.340 e. The van der Waals surface area contributed by atoms with Crippen LogP contribution in [0.15, 0.2) is 42.6 Å². The standard InChI is InChI=1S/C16H14Cl2N2O3/c1-10(12-4-2-3-5-13(12)17)20-15(21)9-23-16(22)11-6-7-14(18)19-8-11/h2-8,10H,9H2,1H3,(H,20,21)/t10-/m1/s1. The summed E-state index contributed by atoms with van der Waals surface area (Å²) in [7, 11) is 0. The highest BCUT2D eigenvalue weighted by atomic mass is 35.5. The van der Waals surface area contributed by atoms with Crippen molar-refractivity contribution in [3.8, 4) is 0 Å². The molecule has 0 aliphatic carbocycles. The predicted octanol–water partition coefficient (Wildman–Crippen LogP) is 3.42. The Morgan fingerprint density at radius 2 is 1.96 bits per heavy atom. The molecule has 0 radical (unpaired) electrons. The van der Waals surface area contributed by atoms with Crippen LogP contribution in [0.4, 0.5) is 0 Å². The molecule has 0 spiro atoms. The normalized spacial score (nSPS) is 11.6. The summed E-state index contributed by atoms with van der Waals surface area (Å²) in [5, 5.41) is 3.55. The highest BCUT2D eigenvalue weighted by Gasteiger charge is 2.14. The SMILES string of the molecule is C[C@@H](NC(=O)COC(=O)c1ccc(Cl)nc1)c1ccccc1Cl. The third kappa shape index (κ3) is 4.94. The van der Waals surface area contributed by atoms with Gasteiger partial charge in [-0.2, -0.15) is 0 Å². The van der Waals surface area contributed by atoms with Crippen molar-refractivity contribution in [3.63, 3.8) is 0 Å². The second-order valence-electron chi connectivity index (χ2n) is 4.76. The van der Waals surface area contributed by atoms with Crippen LogP contribution in [0.1, 0.15) is 28.9 Å². The summed E-state index contributed by atoms with van der Waals surface area (Å²) < 4.78 is 4.93. The fraction of sp³-hybridized carbons (Fsp3) is 0.188. The monoisotopic (exact) mass is 352 g/mol. The molecule has 0 aliphatic rings. The first-order valence-electron chi connectivity index (χ1n) is 6.80. The first kappa shape index (κ1) is 17.2. The van der Waals surface area contributed by atoms with Crippen LogP contribution in [0, 0.1) is 0 Å². The van der Waals surface area contributed by atoms with Gasteiger partial charge >= 0.3 is 5.97 Å². The molecule has 0 aliphatic heterocycles. The van der Waals surface area contributed by atoms with Gasteiger partial charge in [0.2, 0.25) is 0 Å². The Hall–Kier alpha value is -2.11. The number of halogens is 2. The molecule has 23 heavy (non-hydrogen) atoms. The Balaban J connectivity index is 1.86. The number of benzene rings is 1. The van der Waals surface area contributed by atoms with E-state index >= 15 is 0 Å². The minimum absolute atomic E-state index is 0.223. The topological polar surface area (TPSA) is 68.3 Å². The molecule has 120 valence electrons. The maximum absolute atomic E-state index is 11.9. The van der Waals surface area contributed by atoms with Gasteiger partial charge in [-0.25, -0.2) is 9.78 Å². The molecule has 1 aromatic carbocycles. The van der Waals surface area contributed by atoms with E-state index in [1.165, 1.54) is 18.3 Å². The van der Waals surface area contributed by atoms with E-state index in [1.54, 1.807) is 13.0 Å². The number of amides is 1. The number of ether oxygens (including phenoxy) is 1. The molecule has 1 atom stereocenters. The molecule has 0 unspecified atom stereocenters. The zero-order chi connectivity index (χ0) is 16.8. The van der Waals surface area contributed by atoms with E-state index in [4.69, 9.17) is 27.9 Å². The quantitative estimate of drug-likeness (QED) is 0.661. The lowest BCUT2D eigenvalue weighted by molar-refractivity contribution is -0.124. The lowest BCUT2D eigenvalue weighted by Crippen LogP contribution is -2.31. The number of hydrogen-bond acceptors (Lipinski definition) is 4. The highest BCUT2D eigenvalue weighted by molar-refractivity contribution is 6.31. The molecule has 5 nitrogen and oxygen atoms in total. The van der Waals surface area contributed by atoms with E-state index in [2.05, 4.69) is 10.3 Å². The van der Waals surface area contributed by atoms with Crippen molar-refractivity contribution in [3.05, 3.63) is 63.9 Å². The van der Waals surface area contributed by atoms with E-state index in [9.17, 15) is 9.59 Å². The van der Waals surface area contributed by atoms with E-state index < -0.39 is 18.5 Å². The zero-order valence-electron chi connectivity index (χ0n) is 12.3. The van der Waals surface area contributed by atoms with Crippen LogP contribution in [0.5, 0.6) is 0 Å². The molecule has 0 saturated carbocycles. The number of esters is 1. The number of carbonyl (C=O) groups excluding carboxylic acids is 2. The van der Waals surface area contributed by atoms with Crippen molar-refractivity contribution < 1.29 is 14.3 Å². The maximum atomic E-state index is 11.9. The molecule has 2 aromatic rings. The van der Waals surface area contributed by atoms with E-state index in [0.29, 0.717) is 5.02 Å². The minimum atomic E-state index is -0.644. The van der Waals surface area contributed by atoms with Crippen molar-refractivity contribution in [2.24, 2.45) is 0 Å². The van der Waals surface area contributed by atoms with Gasteiger partial charge in [0.05, 0.1) is 11.6 Å². The first-order valence-corrected chi connectivity index (χ1v) is 7.55. The number of nitrogens with one attached hydrogen (secondary N) is 1. The summed E-state index contributed by atoms with van der Waals surface area (Å²) >= 11 is 11.7. The van der Waals surface area contributed by atoms with Gasteiger partial charge in [0, 0.05) is 11.2 Å². The van der Waals surface area contributed by atoms with Gasteiger partial charge in [-0.1, -0.05) is 41.4 Å². The van der Waals surface area contributed by atoms with E-state index in [-0.39, 0.29) is 16.8 Å². The van der Waals surface area contributed by atoms with Gasteiger partial charge in [0.25, 0.3) is 5.91 Å². The van der Waals surface area contributed by atoms with Crippen molar-refractivity contribution in [1.82, 2.24) is 10.3 Å². The van der Waals surface area contributed by atoms with Crippen LogP contribution in [0.3, 0.4) is 0 Å². The Morgan fingerprint density at radius 3 is 2.61 bits per heavy atom. The molecule has 1 amide bonds. The van der Waals surface area contributed by atoms with Gasteiger partial charge < -0.3 is 10.1 Å². The summed E-state index contributed by atoms with van der Waals surface area (Å²) in [5.74, 6) is -1.07. The Bertz CT molecular complexity index is 705. The molecule has 1 heterocycles. The lowest BCUT2D eigenvalue weighted by Gasteiger charge is -2.15. The van der Waals surface area contributed by atoms with Crippen LogP contribution >= 0.6 is 23.2 Å². The van der Waals surface area contributed by atoms with Crippen molar-refractivity contribution in [2.45, 2.75) is 13.0 Å². The molecule has 0 fully saturated rings. The van der Waals surface area contributed by atoms with Crippen LogP contribution in [0.2, 0.25) is 10.2 Å². The van der Waals surface area contributed by atoms with Crippen LogP contribution in [-0.2, 0) is 9.53 Å². The Morgan fingerprint density at radius 1 is 1.22 bits per heavy atom. The number of carbonyl (C=O) groups is 2. The summed E-state index contributed by atoms with van der Waals surface area (Å²) in [4.78, 5) is 27.4. The van der Waals surface area contributed by atoms with Gasteiger partial charge in [-0.15, -0.1) is 0 Å². The van der Waals surface area contributed by atoms with Crippen LogP contribution in [0.25, 0.3) is 0 Å².